The second-order valence-electron chi connectivity index (χ2n) is 1.38. The summed E-state index contributed by atoms with van der Waals surface area (Å²) in [6.45, 7) is 0. The molecule has 88 valence electrons. The van der Waals surface area contributed by atoms with E-state index in [1.807, 2.05) is 0 Å². The summed E-state index contributed by atoms with van der Waals surface area (Å²) in [4.78, 5) is 37.3. The molecule has 0 aliphatic rings. The van der Waals surface area contributed by atoms with E-state index in [0.29, 0.717) is 0 Å². The Morgan fingerprint density at radius 1 is 0.650 bits per heavy atom. The molecule has 0 bridgehead atoms. The molecule has 0 aromatic rings. The van der Waals surface area contributed by atoms with Crippen LogP contribution in [0.25, 0.3) is 0 Å². The standard InChI is InChI=1S/6K.H4O7P2.H2O4S/c;;;;;;1-8(2,3)7-9(4,5)6;1-5(2,3)4/h;;;;;;(H2,1,2,3)(H2,4,5,6);(H2,1,2,3,4)/q6*+1;;/p-6. The largest absolute Gasteiger partial charge is 1.00 e. The van der Waals surface area contributed by atoms with E-state index in [2.05, 4.69) is 4.31 Å². The molecule has 0 heterocycles. The van der Waals surface area contributed by atoms with Gasteiger partial charge in [0.2, 0.25) is 0 Å². The van der Waals surface area contributed by atoms with Gasteiger partial charge in [0.05, 0.1) is 15.6 Å². The summed E-state index contributed by atoms with van der Waals surface area (Å²) in [5.41, 5.74) is 0. The first-order valence-electron chi connectivity index (χ1n) is 2.13. The zero-order chi connectivity index (χ0) is 12.2. The van der Waals surface area contributed by atoms with E-state index < -0.39 is 26.0 Å². The van der Waals surface area contributed by atoms with Crippen molar-refractivity contribution in [1.29, 1.82) is 0 Å². The van der Waals surface area contributed by atoms with E-state index in [4.69, 9.17) is 17.5 Å². The van der Waals surface area contributed by atoms with Gasteiger partial charge in [-0.15, -0.1) is 0 Å². The summed E-state index contributed by atoms with van der Waals surface area (Å²) in [7, 11) is -16.5. The van der Waals surface area contributed by atoms with Crippen LogP contribution in [0.2, 0.25) is 0 Å². The molecule has 0 saturated heterocycles. The molecule has 0 saturated carbocycles. The van der Waals surface area contributed by atoms with Gasteiger partial charge in [0.1, 0.15) is 0 Å². The van der Waals surface area contributed by atoms with Crippen molar-refractivity contribution < 1.29 is 359 Å². The minimum atomic E-state index is -5.68. The molecule has 0 N–H and O–H groups in total. The predicted octanol–water partition coefficient (Wildman–Crippen LogP) is -22.7. The molecular weight excluding hydrogens is 505 g/mol. The molecule has 0 aliphatic heterocycles. The van der Waals surface area contributed by atoms with E-state index in [1.54, 1.807) is 0 Å². The van der Waals surface area contributed by atoms with Crippen molar-refractivity contribution in [3.05, 3.63) is 0 Å². The number of rotatable bonds is 2. The molecule has 11 nitrogen and oxygen atoms in total. The third kappa shape index (κ3) is 79.8. The Labute approximate surface area is 371 Å². The van der Waals surface area contributed by atoms with Crippen LogP contribution < -0.4 is 328 Å². The summed E-state index contributed by atoms with van der Waals surface area (Å²) in [5.74, 6) is 0. The third-order valence-corrected chi connectivity index (χ3v) is 1.80. The zero-order valence-electron chi connectivity index (χ0n) is 11.8. The van der Waals surface area contributed by atoms with Crippen molar-refractivity contribution in [1.82, 2.24) is 0 Å². The van der Waals surface area contributed by atoms with Gasteiger partial charge < -0.3 is 42.1 Å². The molecule has 20 heavy (non-hydrogen) atoms. The molecule has 0 unspecified atom stereocenters. The average molecular weight is 505 g/mol. The molecule has 0 radical (unpaired) electrons. The second-order valence-corrected chi connectivity index (χ2v) is 4.64. The molecule has 0 fully saturated rings. The Hall–Kier alpha value is 9.95. The molecule has 0 rings (SSSR count). The van der Waals surface area contributed by atoms with Gasteiger partial charge in [-0.1, -0.05) is 0 Å². The number of phosphoric acid groups is 2. The van der Waals surface area contributed by atoms with Crippen LogP contribution in [-0.4, -0.2) is 17.5 Å². The van der Waals surface area contributed by atoms with Crippen LogP contribution in [0.5, 0.6) is 0 Å². The van der Waals surface area contributed by atoms with E-state index in [1.165, 1.54) is 0 Å². The maximum absolute atomic E-state index is 9.32. The van der Waals surface area contributed by atoms with Crippen molar-refractivity contribution >= 4 is 26.0 Å². The van der Waals surface area contributed by atoms with Crippen molar-refractivity contribution in [2.24, 2.45) is 0 Å². The van der Waals surface area contributed by atoms with Crippen LogP contribution in [0.4, 0.5) is 0 Å². The van der Waals surface area contributed by atoms with E-state index in [-0.39, 0.29) is 308 Å². The van der Waals surface area contributed by atoms with Crippen LogP contribution in [0.1, 0.15) is 0 Å². The molecule has 20 heteroatoms. The molecule has 0 aliphatic carbocycles. The Morgan fingerprint density at radius 2 is 0.750 bits per heavy atom. The van der Waals surface area contributed by atoms with Gasteiger partial charge in [0, 0.05) is 10.4 Å². The first-order chi connectivity index (χ1) is 5.71. The molecular formula is K6O11P2S. The number of hydrogen-bond donors (Lipinski definition) is 0. The van der Waals surface area contributed by atoms with Gasteiger partial charge in [-0.2, -0.15) is 0 Å². The van der Waals surface area contributed by atoms with Crippen molar-refractivity contribution in [3.8, 4) is 0 Å². The first kappa shape index (κ1) is 52.1. The minimum Gasteiger partial charge on any atom is -0.790 e. The Kier molecular flexibility index (Phi) is 70.3. The van der Waals surface area contributed by atoms with Crippen LogP contribution >= 0.6 is 15.6 Å². The topological polar surface area (TPSA) is 216 Å². The molecule has 0 aromatic heterocycles. The van der Waals surface area contributed by atoms with Gasteiger partial charge in [0.25, 0.3) is 0 Å². The van der Waals surface area contributed by atoms with Gasteiger partial charge in [-0.3, -0.25) is 8.42 Å². The molecule has 0 spiro atoms. The fourth-order valence-corrected chi connectivity index (χ4v) is 1.10. The molecule has 0 amide bonds. The summed E-state index contributed by atoms with van der Waals surface area (Å²) >= 11 is 0. The average Bonchev–Trinajstić information content (AvgIpc) is 1.42. The monoisotopic (exact) mass is 504 g/mol. The summed E-state index contributed by atoms with van der Waals surface area (Å²) in [6.07, 6.45) is 0. The predicted molar refractivity (Wildman–Crippen MR) is 26.8 cm³/mol. The van der Waals surface area contributed by atoms with Gasteiger partial charge in [0.15, 0.2) is 0 Å². The van der Waals surface area contributed by atoms with E-state index >= 15 is 0 Å². The van der Waals surface area contributed by atoms with Crippen molar-refractivity contribution in [2.75, 3.05) is 0 Å². The second kappa shape index (κ2) is 27.0. The SMILES string of the molecule is O=P([O-])([O-])OP(=O)([O-])[O-].O=S(=O)([O-])[O-].[K+].[K+].[K+].[K+].[K+].[K+]. The third-order valence-electron chi connectivity index (χ3n) is 0.200. The minimum absolute atomic E-state index is 0. The Bertz CT molecular complexity index is 325. The van der Waals surface area contributed by atoms with E-state index in [9.17, 15) is 28.7 Å². The molecule has 0 aromatic carbocycles. The van der Waals surface area contributed by atoms with Crippen LogP contribution in [0, 0.1) is 0 Å². The normalized spacial score (nSPS) is 9.10. The molecule has 0 atom stereocenters. The zero-order valence-corrected chi connectivity index (χ0v) is 33.1. The number of hydrogen-bond acceptors (Lipinski definition) is 11. The summed E-state index contributed by atoms with van der Waals surface area (Å²) in [6, 6.07) is 0. The van der Waals surface area contributed by atoms with Gasteiger partial charge >= 0.3 is 308 Å². The van der Waals surface area contributed by atoms with Gasteiger partial charge in [-0.25, -0.2) is 0 Å². The van der Waals surface area contributed by atoms with Crippen LogP contribution in [-0.2, 0) is 23.8 Å². The Balaban J connectivity index is -0.0000000199. The maximum atomic E-state index is 9.32. The van der Waals surface area contributed by atoms with Crippen LogP contribution in [0.3, 0.4) is 0 Å². The quantitative estimate of drug-likeness (QED) is 0.149. The Morgan fingerprint density at radius 3 is 0.750 bits per heavy atom. The van der Waals surface area contributed by atoms with E-state index in [0.717, 1.165) is 0 Å². The summed E-state index contributed by atoms with van der Waals surface area (Å²) in [5, 5.41) is 0. The van der Waals surface area contributed by atoms with Gasteiger partial charge in [-0.05, 0) is 0 Å². The smallest absolute Gasteiger partial charge is 0.790 e. The fourth-order valence-electron chi connectivity index (χ4n) is 0.122. The van der Waals surface area contributed by atoms with Crippen molar-refractivity contribution in [3.63, 3.8) is 0 Å². The maximum Gasteiger partial charge on any atom is 1.00 e. The first-order valence-corrected chi connectivity index (χ1v) is 6.38. The fraction of sp³-hybridized carbons (Fsp3) is 0. The van der Waals surface area contributed by atoms with Crippen LogP contribution in [0.15, 0.2) is 0 Å². The van der Waals surface area contributed by atoms with Crippen molar-refractivity contribution in [2.45, 2.75) is 0 Å². The summed E-state index contributed by atoms with van der Waals surface area (Å²) < 4.78 is 55.2.